The number of ketones is 1. The normalized spacial score (nSPS) is 11.6. The van der Waals surface area contributed by atoms with Crippen LogP contribution in [0.4, 0.5) is 13.2 Å². The number of rotatable bonds is 5. The summed E-state index contributed by atoms with van der Waals surface area (Å²) in [6.07, 6.45) is 1.24. The fraction of sp³-hybridized carbons (Fsp3) is 0.417. The smallest absolute Gasteiger partial charge is 0.286 e. The molecule has 0 saturated heterocycles. The van der Waals surface area contributed by atoms with E-state index in [1.807, 2.05) is 6.92 Å². The summed E-state index contributed by atoms with van der Waals surface area (Å²) >= 11 is 0. The van der Waals surface area contributed by atoms with Gasteiger partial charge in [0.2, 0.25) is 0 Å². The van der Waals surface area contributed by atoms with Crippen LogP contribution in [0.5, 0.6) is 0 Å². The second-order valence-corrected chi connectivity index (χ2v) is 4.63. The molecule has 0 fully saturated rings. The average Bonchev–Trinajstić information content (AvgIpc) is 2.15. The van der Waals surface area contributed by atoms with Gasteiger partial charge in [0, 0.05) is 12.8 Å². The lowest BCUT2D eigenvalue weighted by Crippen LogP contribution is -2.08. The summed E-state index contributed by atoms with van der Waals surface area (Å²) in [4.78, 5) is 11.3. The van der Waals surface area contributed by atoms with Crippen LogP contribution in [0.2, 0.25) is 0 Å². The second kappa shape index (κ2) is 5.63. The largest absolute Gasteiger partial charge is 0.299 e. The SMILES string of the molecule is CCCC(=O)Cc1ccc(C(F)(F)P)c(F)c1. The number of Topliss-reactive ketones (excluding diaryl/α,β-unsaturated/α-hetero) is 1. The predicted octanol–water partition coefficient (Wildman–Crippen LogP) is 3.66. The number of alkyl halides is 2. The quantitative estimate of drug-likeness (QED) is 0.740. The molecule has 0 aliphatic carbocycles. The molecular formula is C12H14F3OP. The Bertz CT molecular complexity index is 413. The van der Waals surface area contributed by atoms with Gasteiger partial charge in [-0.1, -0.05) is 22.2 Å². The van der Waals surface area contributed by atoms with E-state index in [9.17, 15) is 18.0 Å². The van der Waals surface area contributed by atoms with E-state index in [1.165, 1.54) is 15.3 Å². The van der Waals surface area contributed by atoms with Gasteiger partial charge in [-0.05, 0) is 24.1 Å². The minimum absolute atomic E-state index is 0.0164. The van der Waals surface area contributed by atoms with Crippen LogP contribution >= 0.6 is 9.24 Å². The zero-order valence-corrected chi connectivity index (χ0v) is 10.6. The maximum Gasteiger partial charge on any atom is 0.286 e. The molecule has 0 N–H and O–H groups in total. The maximum atomic E-state index is 13.4. The molecule has 0 aromatic heterocycles. The molecule has 0 heterocycles. The fourth-order valence-corrected chi connectivity index (χ4v) is 1.77. The van der Waals surface area contributed by atoms with E-state index in [-0.39, 0.29) is 12.2 Å². The van der Waals surface area contributed by atoms with Gasteiger partial charge in [-0.15, -0.1) is 0 Å². The van der Waals surface area contributed by atoms with Crippen molar-refractivity contribution < 1.29 is 18.0 Å². The molecular weight excluding hydrogens is 248 g/mol. The van der Waals surface area contributed by atoms with E-state index in [1.54, 1.807) is 0 Å². The van der Waals surface area contributed by atoms with Gasteiger partial charge in [-0.2, -0.15) is 8.78 Å². The van der Waals surface area contributed by atoms with E-state index in [0.717, 1.165) is 18.6 Å². The lowest BCUT2D eigenvalue weighted by atomic mass is 10.0. The maximum absolute atomic E-state index is 13.4. The van der Waals surface area contributed by atoms with Gasteiger partial charge < -0.3 is 0 Å². The standard InChI is InChI=1S/C12H14F3OP/c1-2-3-9(16)6-8-4-5-10(11(13)7-8)12(14,15)17/h4-5,7H,2-3,6,17H2,1H3. The molecule has 0 saturated carbocycles. The summed E-state index contributed by atoms with van der Waals surface area (Å²) in [6, 6.07) is 3.39. The molecule has 1 unspecified atom stereocenters. The van der Waals surface area contributed by atoms with Crippen LogP contribution in [0.1, 0.15) is 30.9 Å². The van der Waals surface area contributed by atoms with Gasteiger partial charge in [0.1, 0.15) is 11.6 Å². The molecule has 17 heavy (non-hydrogen) atoms. The molecule has 0 aliphatic rings. The van der Waals surface area contributed by atoms with E-state index in [4.69, 9.17) is 0 Å². The third-order valence-corrected chi connectivity index (χ3v) is 2.63. The van der Waals surface area contributed by atoms with Crippen molar-refractivity contribution in [1.29, 1.82) is 0 Å². The van der Waals surface area contributed by atoms with E-state index < -0.39 is 17.0 Å². The van der Waals surface area contributed by atoms with Gasteiger partial charge in [0.25, 0.3) is 5.66 Å². The van der Waals surface area contributed by atoms with Gasteiger partial charge >= 0.3 is 0 Å². The monoisotopic (exact) mass is 262 g/mol. The summed E-state index contributed by atoms with van der Waals surface area (Å²) in [5.74, 6) is -0.996. The van der Waals surface area contributed by atoms with Crippen molar-refractivity contribution in [1.82, 2.24) is 0 Å². The molecule has 0 radical (unpaired) electrons. The first-order chi connectivity index (χ1) is 7.84. The van der Waals surface area contributed by atoms with Crippen molar-refractivity contribution >= 4 is 15.0 Å². The Labute approximate surface area is 101 Å². The summed E-state index contributed by atoms with van der Waals surface area (Å²) in [6.45, 7) is 1.87. The number of hydrogen-bond donors (Lipinski definition) is 0. The molecule has 0 spiro atoms. The highest BCUT2D eigenvalue weighted by Gasteiger charge is 2.28. The van der Waals surface area contributed by atoms with Crippen LogP contribution in [0.15, 0.2) is 18.2 Å². The third kappa shape index (κ3) is 4.12. The summed E-state index contributed by atoms with van der Waals surface area (Å²) in [5.41, 5.74) is -3.52. The van der Waals surface area contributed by atoms with Crippen molar-refractivity contribution in [3.05, 3.63) is 35.1 Å². The van der Waals surface area contributed by atoms with Gasteiger partial charge in [0.05, 0.1) is 5.56 Å². The topological polar surface area (TPSA) is 17.1 Å². The second-order valence-electron chi connectivity index (χ2n) is 3.90. The molecule has 94 valence electrons. The lowest BCUT2D eigenvalue weighted by Gasteiger charge is -2.12. The Morgan fingerprint density at radius 2 is 2.06 bits per heavy atom. The van der Waals surface area contributed by atoms with Gasteiger partial charge in [-0.25, -0.2) is 4.39 Å². The number of hydrogen-bond acceptors (Lipinski definition) is 1. The zero-order chi connectivity index (χ0) is 13.1. The molecule has 1 aromatic carbocycles. The molecule has 1 nitrogen and oxygen atoms in total. The van der Waals surface area contributed by atoms with Crippen LogP contribution in [-0.4, -0.2) is 5.78 Å². The number of carbonyl (C=O) groups is 1. The van der Waals surface area contributed by atoms with Crippen LogP contribution in [0, 0.1) is 5.82 Å². The lowest BCUT2D eigenvalue weighted by molar-refractivity contribution is -0.118. The first-order valence-electron chi connectivity index (χ1n) is 5.32. The zero-order valence-electron chi connectivity index (χ0n) is 9.47. The molecule has 0 bridgehead atoms. The van der Waals surface area contributed by atoms with E-state index >= 15 is 0 Å². The molecule has 1 aromatic rings. The van der Waals surface area contributed by atoms with Gasteiger partial charge in [-0.3, -0.25) is 4.79 Å². The van der Waals surface area contributed by atoms with Crippen molar-refractivity contribution in [2.75, 3.05) is 0 Å². The number of halogens is 3. The van der Waals surface area contributed by atoms with Crippen molar-refractivity contribution in [3.63, 3.8) is 0 Å². The van der Waals surface area contributed by atoms with Crippen LogP contribution in [0.3, 0.4) is 0 Å². The number of carbonyl (C=O) groups excluding carboxylic acids is 1. The molecule has 1 atom stereocenters. The minimum atomic E-state index is -3.28. The highest BCUT2D eigenvalue weighted by Crippen LogP contribution is 2.36. The van der Waals surface area contributed by atoms with Crippen LogP contribution < -0.4 is 0 Å². The van der Waals surface area contributed by atoms with Crippen molar-refractivity contribution in [2.24, 2.45) is 0 Å². The highest BCUT2D eigenvalue weighted by molar-refractivity contribution is 7.17. The summed E-state index contributed by atoms with van der Waals surface area (Å²) in [7, 11) is 1.29. The highest BCUT2D eigenvalue weighted by atomic mass is 31.0. The first-order valence-corrected chi connectivity index (χ1v) is 5.89. The Hall–Kier alpha value is -0.890. The van der Waals surface area contributed by atoms with E-state index in [0.29, 0.717) is 12.0 Å². The van der Waals surface area contributed by atoms with Crippen LogP contribution in [-0.2, 0) is 16.9 Å². The molecule has 1 rings (SSSR count). The predicted molar refractivity (Wildman–Crippen MR) is 63.6 cm³/mol. The first kappa shape index (κ1) is 14.2. The van der Waals surface area contributed by atoms with Crippen molar-refractivity contribution in [3.8, 4) is 0 Å². The Balaban J connectivity index is 2.86. The van der Waals surface area contributed by atoms with Crippen molar-refractivity contribution in [2.45, 2.75) is 31.8 Å². The average molecular weight is 262 g/mol. The Kier molecular flexibility index (Phi) is 4.70. The van der Waals surface area contributed by atoms with E-state index in [2.05, 4.69) is 0 Å². The van der Waals surface area contributed by atoms with Gasteiger partial charge in [0.15, 0.2) is 0 Å². The Morgan fingerprint density at radius 1 is 1.41 bits per heavy atom. The number of benzene rings is 1. The summed E-state index contributed by atoms with van der Waals surface area (Å²) in [5, 5.41) is 0. The fourth-order valence-electron chi connectivity index (χ4n) is 1.53. The molecule has 0 amide bonds. The summed E-state index contributed by atoms with van der Waals surface area (Å²) < 4.78 is 39.2. The minimum Gasteiger partial charge on any atom is -0.299 e. The molecule has 5 heteroatoms. The third-order valence-electron chi connectivity index (χ3n) is 2.32. The molecule has 0 aliphatic heterocycles. The Morgan fingerprint density at radius 3 is 2.53 bits per heavy atom. The van der Waals surface area contributed by atoms with Crippen LogP contribution in [0.25, 0.3) is 0 Å².